The summed E-state index contributed by atoms with van der Waals surface area (Å²) in [6.07, 6.45) is 1.73. The van der Waals surface area contributed by atoms with E-state index < -0.39 is 17.7 Å². The van der Waals surface area contributed by atoms with E-state index in [-0.39, 0.29) is 16.4 Å². The van der Waals surface area contributed by atoms with E-state index in [2.05, 4.69) is 9.97 Å². The van der Waals surface area contributed by atoms with Crippen molar-refractivity contribution in [2.75, 3.05) is 11.5 Å². The minimum absolute atomic E-state index is 0.0959. The zero-order valence-electron chi connectivity index (χ0n) is 20.7. The lowest BCUT2D eigenvalue weighted by atomic mass is 9.96. The summed E-state index contributed by atoms with van der Waals surface area (Å²) in [5.41, 5.74) is 2.45. The molecule has 0 radical (unpaired) electrons. The summed E-state index contributed by atoms with van der Waals surface area (Å²) in [7, 11) is 0. The van der Waals surface area contributed by atoms with Gasteiger partial charge < -0.3 is 9.84 Å². The van der Waals surface area contributed by atoms with Crippen LogP contribution >= 0.6 is 34.5 Å². The molecule has 1 atom stereocenters. The first-order chi connectivity index (χ1) is 18.8. The van der Waals surface area contributed by atoms with E-state index in [0.717, 1.165) is 4.70 Å². The number of fused-ring (bicyclic) bond motifs is 2. The van der Waals surface area contributed by atoms with Crippen LogP contribution in [0.15, 0.2) is 66.4 Å². The number of pyridine rings is 1. The van der Waals surface area contributed by atoms with Gasteiger partial charge in [-0.3, -0.25) is 18.9 Å². The van der Waals surface area contributed by atoms with Gasteiger partial charge in [-0.15, -0.1) is 0 Å². The molecule has 0 saturated carbocycles. The Hall–Kier alpha value is -3.92. The van der Waals surface area contributed by atoms with Crippen molar-refractivity contribution in [3.8, 4) is 5.75 Å². The summed E-state index contributed by atoms with van der Waals surface area (Å²) in [6.45, 7) is 4.13. The summed E-state index contributed by atoms with van der Waals surface area (Å²) in [5, 5.41) is 12.5. The summed E-state index contributed by atoms with van der Waals surface area (Å²) in [5.74, 6) is -1.33. The SMILES string of the molecule is CCOc1ccc2nc(N3C(=O)C(=O)C(=C(O)c4c(C)nc5ccccn45)C3c3ccc(Cl)c(Cl)c3)sc2c1. The predicted octanol–water partition coefficient (Wildman–Crippen LogP) is 6.58. The minimum atomic E-state index is -1.01. The normalized spacial score (nSPS) is 17.0. The zero-order valence-corrected chi connectivity index (χ0v) is 23.0. The number of amides is 1. The van der Waals surface area contributed by atoms with Crippen molar-refractivity contribution >= 4 is 73.0 Å². The molecule has 39 heavy (non-hydrogen) atoms. The van der Waals surface area contributed by atoms with E-state index in [1.807, 2.05) is 19.1 Å². The molecule has 4 heterocycles. The smallest absolute Gasteiger partial charge is 0.301 e. The number of halogens is 2. The van der Waals surface area contributed by atoms with Gasteiger partial charge in [-0.1, -0.05) is 46.7 Å². The molecule has 1 amide bonds. The first-order valence-corrected chi connectivity index (χ1v) is 13.6. The van der Waals surface area contributed by atoms with Crippen LogP contribution in [0.25, 0.3) is 21.6 Å². The number of thiazole rings is 1. The Bertz CT molecular complexity index is 1840. The molecular formula is C28H20Cl2N4O4S. The van der Waals surface area contributed by atoms with Gasteiger partial charge in [0.2, 0.25) is 0 Å². The van der Waals surface area contributed by atoms with E-state index in [9.17, 15) is 14.7 Å². The molecule has 1 unspecified atom stereocenters. The van der Waals surface area contributed by atoms with Crippen molar-refractivity contribution in [1.82, 2.24) is 14.4 Å². The van der Waals surface area contributed by atoms with Crippen LogP contribution in [0, 0.1) is 6.92 Å². The molecule has 0 aliphatic carbocycles. The first-order valence-electron chi connectivity index (χ1n) is 12.0. The third kappa shape index (κ3) is 4.14. The largest absolute Gasteiger partial charge is 0.505 e. The van der Waals surface area contributed by atoms with E-state index >= 15 is 0 Å². The maximum absolute atomic E-state index is 13.6. The molecule has 0 spiro atoms. The van der Waals surface area contributed by atoms with Crippen molar-refractivity contribution in [2.45, 2.75) is 19.9 Å². The highest BCUT2D eigenvalue weighted by atomic mass is 35.5. The molecule has 1 N–H and O–H groups in total. The molecule has 3 aromatic heterocycles. The molecule has 0 bridgehead atoms. The fourth-order valence-electron chi connectivity index (χ4n) is 4.81. The molecule has 11 heteroatoms. The summed E-state index contributed by atoms with van der Waals surface area (Å²) < 4.78 is 8.06. The number of ether oxygens (including phenoxy) is 1. The van der Waals surface area contributed by atoms with Gasteiger partial charge >= 0.3 is 5.91 Å². The van der Waals surface area contributed by atoms with Crippen molar-refractivity contribution in [2.24, 2.45) is 0 Å². The molecule has 196 valence electrons. The quantitative estimate of drug-likeness (QED) is 0.144. The molecule has 6 rings (SSSR count). The van der Waals surface area contributed by atoms with E-state index in [4.69, 9.17) is 27.9 Å². The lowest BCUT2D eigenvalue weighted by Crippen LogP contribution is -2.29. The second kappa shape index (κ2) is 9.68. The minimum Gasteiger partial charge on any atom is -0.505 e. The molecule has 1 fully saturated rings. The number of aliphatic hydroxyl groups excluding tert-OH is 1. The van der Waals surface area contributed by atoms with Gasteiger partial charge in [-0.25, -0.2) is 9.97 Å². The summed E-state index contributed by atoms with van der Waals surface area (Å²) in [6, 6.07) is 14.7. The molecule has 1 aliphatic heterocycles. The third-order valence-electron chi connectivity index (χ3n) is 6.50. The molecule has 8 nitrogen and oxygen atoms in total. The number of hydrogen-bond donors (Lipinski definition) is 1. The second-order valence-corrected chi connectivity index (χ2v) is 10.7. The highest BCUT2D eigenvalue weighted by Gasteiger charge is 2.48. The monoisotopic (exact) mass is 578 g/mol. The highest BCUT2D eigenvalue weighted by Crippen LogP contribution is 2.45. The number of carbonyl (C=O) groups excluding carboxylic acids is 2. The Kier molecular flexibility index (Phi) is 6.29. The van der Waals surface area contributed by atoms with E-state index in [1.165, 1.54) is 16.2 Å². The maximum atomic E-state index is 13.6. The number of rotatable bonds is 5. The average Bonchev–Trinajstić information content (AvgIpc) is 3.56. The third-order valence-corrected chi connectivity index (χ3v) is 8.25. The molecule has 1 aliphatic rings. The number of benzene rings is 2. The molecular weight excluding hydrogens is 559 g/mol. The Morgan fingerprint density at radius 1 is 1.08 bits per heavy atom. The number of Topliss-reactive ketones (excluding diaryl/α,β-unsaturated/α-hetero) is 1. The lowest BCUT2D eigenvalue weighted by molar-refractivity contribution is -0.132. The van der Waals surface area contributed by atoms with Crippen molar-refractivity contribution in [1.29, 1.82) is 0 Å². The van der Waals surface area contributed by atoms with Crippen LogP contribution in [-0.4, -0.2) is 37.8 Å². The Morgan fingerprint density at radius 2 is 1.90 bits per heavy atom. The van der Waals surface area contributed by atoms with Gasteiger partial charge in [0, 0.05) is 6.20 Å². The maximum Gasteiger partial charge on any atom is 0.301 e. The van der Waals surface area contributed by atoms with Crippen LogP contribution in [0.3, 0.4) is 0 Å². The van der Waals surface area contributed by atoms with Crippen molar-refractivity contribution in [3.05, 3.63) is 93.4 Å². The Labute approximate surface area is 236 Å². The fraction of sp³-hybridized carbons (Fsp3) is 0.143. The standard InChI is InChI=1S/C28H20Cl2N4O4S/c1-3-38-16-8-10-19-20(13-16)39-28(32-19)34-24(15-7-9-17(29)18(30)12-15)22(26(36)27(34)37)25(35)23-14(2)31-21-6-4-5-11-33(21)23/h4-13,24,35H,3H2,1-2H3. The average molecular weight is 579 g/mol. The number of aryl methyl sites for hydroxylation is 1. The van der Waals surface area contributed by atoms with Gasteiger partial charge in [0.25, 0.3) is 5.78 Å². The number of carbonyl (C=O) groups is 2. The number of anilines is 1. The van der Waals surface area contributed by atoms with Crippen LogP contribution in [0.4, 0.5) is 5.13 Å². The predicted molar refractivity (Wildman–Crippen MR) is 152 cm³/mol. The van der Waals surface area contributed by atoms with Crippen LogP contribution in [0.2, 0.25) is 10.0 Å². The fourth-order valence-corrected chi connectivity index (χ4v) is 6.13. The number of hydrogen-bond acceptors (Lipinski definition) is 7. The van der Waals surface area contributed by atoms with E-state index in [0.29, 0.717) is 50.6 Å². The van der Waals surface area contributed by atoms with Crippen LogP contribution < -0.4 is 9.64 Å². The highest BCUT2D eigenvalue weighted by molar-refractivity contribution is 7.22. The Balaban J connectivity index is 1.59. The lowest BCUT2D eigenvalue weighted by Gasteiger charge is -2.23. The number of aromatic nitrogens is 3. The molecule has 1 saturated heterocycles. The van der Waals surface area contributed by atoms with Gasteiger partial charge in [0.05, 0.1) is 44.2 Å². The summed E-state index contributed by atoms with van der Waals surface area (Å²) >= 11 is 13.8. The number of nitrogens with zero attached hydrogens (tertiary/aromatic N) is 4. The zero-order chi connectivity index (χ0) is 27.4. The number of imidazole rings is 1. The first kappa shape index (κ1) is 25.4. The van der Waals surface area contributed by atoms with Crippen LogP contribution in [0.1, 0.15) is 29.9 Å². The van der Waals surface area contributed by atoms with Crippen molar-refractivity contribution < 1.29 is 19.4 Å². The van der Waals surface area contributed by atoms with E-state index in [1.54, 1.807) is 60.0 Å². The molecule has 5 aromatic rings. The van der Waals surface area contributed by atoms with Gasteiger partial charge in [0.1, 0.15) is 17.1 Å². The van der Waals surface area contributed by atoms with Crippen LogP contribution in [0.5, 0.6) is 5.75 Å². The topological polar surface area (TPSA) is 97.0 Å². The number of aliphatic hydroxyl groups is 1. The van der Waals surface area contributed by atoms with Crippen molar-refractivity contribution in [3.63, 3.8) is 0 Å². The summed E-state index contributed by atoms with van der Waals surface area (Å²) in [4.78, 5) is 37.7. The van der Waals surface area contributed by atoms with Crippen LogP contribution in [-0.2, 0) is 9.59 Å². The van der Waals surface area contributed by atoms with Gasteiger partial charge in [-0.2, -0.15) is 0 Å². The second-order valence-electron chi connectivity index (χ2n) is 8.88. The number of ketones is 1. The van der Waals surface area contributed by atoms with Gasteiger partial charge in [0.15, 0.2) is 10.9 Å². The Morgan fingerprint density at radius 3 is 2.67 bits per heavy atom. The van der Waals surface area contributed by atoms with Gasteiger partial charge in [-0.05, 0) is 61.9 Å². The molecule has 2 aromatic carbocycles.